The molecule has 2 atom stereocenters. The summed E-state index contributed by atoms with van der Waals surface area (Å²) in [5, 5.41) is 2.91. The quantitative estimate of drug-likeness (QED) is 0.887. The molecule has 0 spiro atoms. The number of carbonyl (C=O) groups is 1. The van der Waals surface area contributed by atoms with Crippen molar-refractivity contribution in [3.8, 4) is 0 Å². The van der Waals surface area contributed by atoms with Gasteiger partial charge in [-0.05, 0) is 83.3 Å². The molecule has 1 amide bonds. The minimum absolute atomic E-state index is 0.344. The zero-order valence-electron chi connectivity index (χ0n) is 15.8. The number of likely N-dealkylation sites (tertiary alicyclic amines) is 1. The Labute approximate surface area is 145 Å². The number of anilines is 1. The van der Waals surface area contributed by atoms with E-state index >= 15 is 0 Å². The van der Waals surface area contributed by atoms with Gasteiger partial charge in [0.2, 0.25) is 0 Å². The molecule has 0 aromatic heterocycles. The van der Waals surface area contributed by atoms with Gasteiger partial charge in [0.1, 0.15) is 5.60 Å². The highest BCUT2D eigenvalue weighted by Crippen LogP contribution is 2.36. The molecule has 0 aliphatic carbocycles. The topological polar surface area (TPSA) is 67.6 Å². The van der Waals surface area contributed by atoms with Crippen molar-refractivity contribution < 1.29 is 9.53 Å². The smallest absolute Gasteiger partial charge is 0.412 e. The van der Waals surface area contributed by atoms with Gasteiger partial charge in [0, 0.05) is 18.3 Å². The Morgan fingerprint density at radius 2 is 2.04 bits per heavy atom. The Hall–Kier alpha value is -1.59. The van der Waals surface area contributed by atoms with Crippen molar-refractivity contribution >= 4 is 11.8 Å². The lowest BCUT2D eigenvalue weighted by Crippen LogP contribution is -2.27. The van der Waals surface area contributed by atoms with E-state index in [1.165, 1.54) is 11.1 Å². The number of nitrogens with two attached hydrogens (primary N) is 1. The molecule has 1 heterocycles. The number of benzene rings is 1. The maximum atomic E-state index is 12.1. The van der Waals surface area contributed by atoms with Crippen LogP contribution in [0.2, 0.25) is 0 Å². The molecule has 2 unspecified atom stereocenters. The van der Waals surface area contributed by atoms with E-state index in [9.17, 15) is 4.79 Å². The van der Waals surface area contributed by atoms with Gasteiger partial charge in [-0.15, -0.1) is 0 Å². The van der Waals surface area contributed by atoms with Crippen LogP contribution in [-0.4, -0.2) is 36.7 Å². The molecular weight excluding hydrogens is 302 g/mol. The number of nitrogens with one attached hydrogen (secondary N) is 1. The summed E-state index contributed by atoms with van der Waals surface area (Å²) in [6.45, 7) is 11.4. The molecule has 2 rings (SSSR count). The fourth-order valence-electron chi connectivity index (χ4n) is 3.29. The van der Waals surface area contributed by atoms with Crippen molar-refractivity contribution in [2.45, 2.75) is 52.7 Å². The molecule has 1 aromatic carbocycles. The number of hydrogen-bond donors (Lipinski definition) is 2. The van der Waals surface area contributed by atoms with Crippen molar-refractivity contribution in [1.29, 1.82) is 0 Å². The second kappa shape index (κ2) is 7.11. The minimum Gasteiger partial charge on any atom is -0.444 e. The maximum Gasteiger partial charge on any atom is 0.412 e. The Bertz CT molecular complexity index is 607. The van der Waals surface area contributed by atoms with Crippen LogP contribution in [0.25, 0.3) is 0 Å². The van der Waals surface area contributed by atoms with Crippen molar-refractivity contribution in [3.05, 3.63) is 28.8 Å². The normalized spacial score (nSPS) is 21.8. The Balaban J connectivity index is 2.24. The maximum absolute atomic E-state index is 12.1. The number of hydrogen-bond acceptors (Lipinski definition) is 4. The zero-order valence-corrected chi connectivity index (χ0v) is 15.8. The van der Waals surface area contributed by atoms with E-state index in [1.807, 2.05) is 27.7 Å². The Morgan fingerprint density at radius 3 is 2.58 bits per heavy atom. The summed E-state index contributed by atoms with van der Waals surface area (Å²) in [5.41, 5.74) is 9.62. The molecule has 1 saturated heterocycles. The number of amides is 1. The largest absolute Gasteiger partial charge is 0.444 e. The third-order valence-corrected chi connectivity index (χ3v) is 4.68. The van der Waals surface area contributed by atoms with Crippen LogP contribution < -0.4 is 11.1 Å². The highest BCUT2D eigenvalue weighted by atomic mass is 16.6. The summed E-state index contributed by atoms with van der Waals surface area (Å²) in [5.74, 6) is 0.531. The molecule has 24 heavy (non-hydrogen) atoms. The van der Waals surface area contributed by atoms with E-state index in [4.69, 9.17) is 10.5 Å². The van der Waals surface area contributed by atoms with Crippen LogP contribution in [0.3, 0.4) is 0 Å². The molecule has 1 aliphatic heterocycles. The molecule has 1 fully saturated rings. The van der Waals surface area contributed by atoms with Crippen molar-refractivity contribution in [3.63, 3.8) is 0 Å². The molecule has 1 aliphatic rings. The molecule has 5 nitrogen and oxygen atoms in total. The molecule has 0 bridgehead atoms. The van der Waals surface area contributed by atoms with E-state index in [1.54, 1.807) is 0 Å². The first-order valence-corrected chi connectivity index (χ1v) is 8.62. The zero-order chi connectivity index (χ0) is 18.1. The van der Waals surface area contributed by atoms with Crippen LogP contribution in [-0.2, 0) is 4.74 Å². The van der Waals surface area contributed by atoms with Gasteiger partial charge in [-0.3, -0.25) is 10.2 Å². The summed E-state index contributed by atoms with van der Waals surface area (Å²) < 4.78 is 5.38. The van der Waals surface area contributed by atoms with Crippen molar-refractivity contribution in [2.24, 2.45) is 11.7 Å². The summed E-state index contributed by atoms with van der Waals surface area (Å²) >= 11 is 0. The van der Waals surface area contributed by atoms with Crippen LogP contribution >= 0.6 is 0 Å². The van der Waals surface area contributed by atoms with Gasteiger partial charge in [-0.25, -0.2) is 4.79 Å². The highest BCUT2D eigenvalue weighted by molar-refractivity contribution is 5.86. The summed E-state index contributed by atoms with van der Waals surface area (Å²) in [6, 6.07) is 4.64. The second-order valence-corrected chi connectivity index (χ2v) is 7.93. The van der Waals surface area contributed by atoms with Crippen LogP contribution in [0.5, 0.6) is 0 Å². The van der Waals surface area contributed by atoms with Crippen LogP contribution in [0.4, 0.5) is 10.5 Å². The van der Waals surface area contributed by atoms with Crippen LogP contribution in [0, 0.1) is 19.8 Å². The first-order chi connectivity index (χ1) is 11.1. The lowest BCUT2D eigenvalue weighted by atomic mass is 9.95. The van der Waals surface area contributed by atoms with Crippen molar-refractivity contribution in [1.82, 2.24) is 4.90 Å². The van der Waals surface area contributed by atoms with Gasteiger partial charge in [0.25, 0.3) is 0 Å². The van der Waals surface area contributed by atoms with Crippen LogP contribution in [0.15, 0.2) is 12.1 Å². The number of rotatable bonds is 3. The second-order valence-electron chi connectivity index (χ2n) is 7.93. The molecule has 134 valence electrons. The average Bonchev–Trinajstić information content (AvgIpc) is 2.83. The monoisotopic (exact) mass is 333 g/mol. The van der Waals surface area contributed by atoms with Gasteiger partial charge in [-0.1, -0.05) is 6.07 Å². The number of nitrogens with zero attached hydrogens (tertiary/aromatic N) is 1. The SMILES string of the molecule is Cc1cc(C2CC(CN)CN2C)cc(NC(=O)OC(C)(C)C)c1C. The molecule has 3 N–H and O–H groups in total. The average molecular weight is 333 g/mol. The summed E-state index contributed by atoms with van der Waals surface area (Å²) in [4.78, 5) is 14.5. The van der Waals surface area contributed by atoms with E-state index in [2.05, 4.69) is 36.3 Å². The standard InChI is InChI=1S/C19H31N3O2/c1-12-7-15(17-8-14(10-20)11-22(17)6)9-16(13(12)2)21-18(23)24-19(3,4)5/h7,9,14,17H,8,10-11,20H2,1-6H3,(H,21,23). The summed E-state index contributed by atoms with van der Waals surface area (Å²) in [7, 11) is 2.14. The van der Waals surface area contributed by atoms with Gasteiger partial charge in [0.05, 0.1) is 0 Å². The van der Waals surface area contributed by atoms with Gasteiger partial charge < -0.3 is 10.5 Å². The molecular formula is C19H31N3O2. The fourth-order valence-corrected chi connectivity index (χ4v) is 3.29. The third kappa shape index (κ3) is 4.48. The number of ether oxygens (including phenoxy) is 1. The van der Waals surface area contributed by atoms with Crippen molar-refractivity contribution in [2.75, 3.05) is 25.5 Å². The Morgan fingerprint density at radius 1 is 1.38 bits per heavy atom. The summed E-state index contributed by atoms with van der Waals surface area (Å²) in [6.07, 6.45) is 0.642. The predicted molar refractivity (Wildman–Crippen MR) is 98.3 cm³/mol. The molecule has 0 radical (unpaired) electrons. The first kappa shape index (κ1) is 18.7. The molecule has 5 heteroatoms. The van der Waals surface area contributed by atoms with Crippen LogP contribution in [0.1, 0.15) is 49.9 Å². The number of aryl methyl sites for hydroxylation is 1. The minimum atomic E-state index is -0.509. The van der Waals surface area contributed by atoms with E-state index in [0.717, 1.165) is 24.2 Å². The Kier molecular flexibility index (Phi) is 5.56. The van der Waals surface area contributed by atoms with Gasteiger partial charge in [0.15, 0.2) is 0 Å². The number of carbonyl (C=O) groups excluding carboxylic acids is 1. The highest BCUT2D eigenvalue weighted by Gasteiger charge is 2.30. The lowest BCUT2D eigenvalue weighted by Gasteiger charge is -2.23. The molecule has 1 aromatic rings. The van der Waals surface area contributed by atoms with E-state index in [-0.39, 0.29) is 0 Å². The predicted octanol–water partition coefficient (Wildman–Crippen LogP) is 3.60. The third-order valence-electron chi connectivity index (χ3n) is 4.68. The fraction of sp³-hybridized carbons (Fsp3) is 0.632. The first-order valence-electron chi connectivity index (χ1n) is 8.62. The van der Waals surface area contributed by atoms with E-state index in [0.29, 0.717) is 18.5 Å². The van der Waals surface area contributed by atoms with Gasteiger partial charge >= 0.3 is 6.09 Å². The molecule has 0 saturated carbocycles. The lowest BCUT2D eigenvalue weighted by molar-refractivity contribution is 0.0636. The van der Waals surface area contributed by atoms with E-state index < -0.39 is 11.7 Å². The van der Waals surface area contributed by atoms with Gasteiger partial charge in [-0.2, -0.15) is 0 Å².